The quantitative estimate of drug-likeness (QED) is 0.810. The lowest BCUT2D eigenvalue weighted by atomic mass is 10.2. The minimum Gasteiger partial charge on any atom is -0.481 e. The van der Waals surface area contributed by atoms with Crippen molar-refractivity contribution in [2.24, 2.45) is 0 Å². The van der Waals surface area contributed by atoms with Crippen molar-refractivity contribution in [1.29, 1.82) is 0 Å². The second-order valence-corrected chi connectivity index (χ2v) is 4.11. The summed E-state index contributed by atoms with van der Waals surface area (Å²) in [5.41, 5.74) is 1.45. The Morgan fingerprint density at radius 3 is 2.85 bits per heavy atom. The average Bonchev–Trinajstić information content (AvgIpc) is 2.96. The van der Waals surface area contributed by atoms with Crippen molar-refractivity contribution in [3.05, 3.63) is 47.5 Å². The largest absolute Gasteiger partial charge is 0.481 e. The number of aromatic nitrogens is 1. The van der Waals surface area contributed by atoms with Gasteiger partial charge in [-0.3, -0.25) is 0 Å². The van der Waals surface area contributed by atoms with Crippen LogP contribution in [0.15, 0.2) is 35.1 Å². The molecule has 0 atom stereocenters. The average molecular weight is 276 g/mol. The Bertz CT molecular complexity index is 563. The van der Waals surface area contributed by atoms with Gasteiger partial charge in [-0.15, -0.1) is 0 Å². The Morgan fingerprint density at radius 1 is 1.35 bits per heavy atom. The second-order valence-electron chi connectivity index (χ2n) is 4.11. The molecule has 0 saturated heterocycles. The number of hydrogen-bond acceptors (Lipinski definition) is 6. The SMILES string of the molecule is COC(=O)c1coc(CNCc2ccc(OC)nc2)c1. The number of esters is 1. The lowest BCUT2D eigenvalue weighted by Gasteiger charge is -2.03. The topological polar surface area (TPSA) is 73.6 Å². The fourth-order valence-electron chi connectivity index (χ4n) is 1.66. The Hall–Kier alpha value is -2.34. The van der Waals surface area contributed by atoms with Gasteiger partial charge in [0.05, 0.1) is 26.3 Å². The lowest BCUT2D eigenvalue weighted by molar-refractivity contribution is 0.0600. The van der Waals surface area contributed by atoms with Crippen molar-refractivity contribution in [1.82, 2.24) is 10.3 Å². The van der Waals surface area contributed by atoms with Crippen LogP contribution in [0.1, 0.15) is 21.7 Å². The van der Waals surface area contributed by atoms with Crippen molar-refractivity contribution >= 4 is 5.97 Å². The number of carbonyl (C=O) groups excluding carboxylic acids is 1. The van der Waals surface area contributed by atoms with Crippen molar-refractivity contribution in [3.63, 3.8) is 0 Å². The van der Waals surface area contributed by atoms with Crippen LogP contribution in [0.4, 0.5) is 0 Å². The Morgan fingerprint density at radius 2 is 2.20 bits per heavy atom. The fourth-order valence-corrected chi connectivity index (χ4v) is 1.66. The van der Waals surface area contributed by atoms with Crippen LogP contribution in [-0.4, -0.2) is 25.2 Å². The summed E-state index contributed by atoms with van der Waals surface area (Å²) in [6.07, 6.45) is 3.13. The highest BCUT2D eigenvalue weighted by atomic mass is 16.5. The van der Waals surface area contributed by atoms with Gasteiger partial charge in [-0.2, -0.15) is 0 Å². The van der Waals surface area contributed by atoms with Gasteiger partial charge in [0.25, 0.3) is 0 Å². The number of ether oxygens (including phenoxy) is 2. The molecule has 2 rings (SSSR count). The molecule has 0 aliphatic heterocycles. The van der Waals surface area contributed by atoms with E-state index in [-0.39, 0.29) is 0 Å². The summed E-state index contributed by atoms with van der Waals surface area (Å²) in [6.45, 7) is 1.16. The van der Waals surface area contributed by atoms with E-state index < -0.39 is 5.97 Å². The molecular formula is C14H16N2O4. The summed E-state index contributed by atoms with van der Waals surface area (Å²) in [7, 11) is 2.92. The number of methoxy groups -OCH3 is 2. The summed E-state index contributed by atoms with van der Waals surface area (Å²) in [5.74, 6) is 0.855. The van der Waals surface area contributed by atoms with E-state index in [0.717, 1.165) is 5.56 Å². The minimum atomic E-state index is -0.403. The zero-order valence-corrected chi connectivity index (χ0v) is 11.4. The third-order valence-corrected chi connectivity index (χ3v) is 2.71. The molecule has 0 aliphatic rings. The molecule has 0 aromatic carbocycles. The number of carbonyl (C=O) groups is 1. The number of nitrogens with zero attached hydrogens (tertiary/aromatic N) is 1. The maximum atomic E-state index is 11.3. The van der Waals surface area contributed by atoms with Gasteiger partial charge in [0, 0.05) is 18.8 Å². The van der Waals surface area contributed by atoms with E-state index in [0.29, 0.717) is 30.3 Å². The highest BCUT2D eigenvalue weighted by Gasteiger charge is 2.09. The predicted octanol–water partition coefficient (Wildman–Crippen LogP) is 1.76. The molecule has 0 aliphatic carbocycles. The number of furan rings is 1. The highest BCUT2D eigenvalue weighted by Crippen LogP contribution is 2.10. The van der Waals surface area contributed by atoms with Gasteiger partial charge >= 0.3 is 5.97 Å². The summed E-state index contributed by atoms with van der Waals surface area (Å²) in [4.78, 5) is 15.4. The minimum absolute atomic E-state index is 0.403. The van der Waals surface area contributed by atoms with E-state index >= 15 is 0 Å². The lowest BCUT2D eigenvalue weighted by Crippen LogP contribution is -2.12. The van der Waals surface area contributed by atoms with Gasteiger partial charge in [0.1, 0.15) is 12.0 Å². The van der Waals surface area contributed by atoms with Crippen LogP contribution < -0.4 is 10.1 Å². The van der Waals surface area contributed by atoms with Gasteiger partial charge < -0.3 is 19.2 Å². The molecule has 0 saturated carbocycles. The van der Waals surface area contributed by atoms with Gasteiger partial charge in [-0.1, -0.05) is 6.07 Å². The molecule has 106 valence electrons. The second kappa shape index (κ2) is 6.72. The predicted molar refractivity (Wildman–Crippen MR) is 71.4 cm³/mol. The molecule has 0 bridgehead atoms. The molecule has 0 amide bonds. The first-order valence-corrected chi connectivity index (χ1v) is 6.08. The molecule has 1 N–H and O–H groups in total. The van der Waals surface area contributed by atoms with Crippen molar-refractivity contribution in [2.75, 3.05) is 14.2 Å². The maximum Gasteiger partial charge on any atom is 0.341 e. The van der Waals surface area contributed by atoms with E-state index in [1.54, 1.807) is 25.4 Å². The van der Waals surface area contributed by atoms with Crippen LogP contribution in [0.5, 0.6) is 5.88 Å². The van der Waals surface area contributed by atoms with Crippen LogP contribution in [0, 0.1) is 0 Å². The molecule has 20 heavy (non-hydrogen) atoms. The summed E-state index contributed by atoms with van der Waals surface area (Å²) in [6, 6.07) is 5.39. The highest BCUT2D eigenvalue weighted by molar-refractivity contribution is 5.88. The van der Waals surface area contributed by atoms with Crippen LogP contribution in [0.25, 0.3) is 0 Å². The van der Waals surface area contributed by atoms with Crippen molar-refractivity contribution in [2.45, 2.75) is 13.1 Å². The zero-order valence-electron chi connectivity index (χ0n) is 11.4. The first-order valence-electron chi connectivity index (χ1n) is 6.08. The first kappa shape index (κ1) is 14.1. The maximum absolute atomic E-state index is 11.3. The Kier molecular flexibility index (Phi) is 4.73. The van der Waals surface area contributed by atoms with Gasteiger partial charge in [-0.05, 0) is 11.6 Å². The number of pyridine rings is 1. The van der Waals surface area contributed by atoms with Gasteiger partial charge in [-0.25, -0.2) is 9.78 Å². The number of nitrogens with one attached hydrogen (secondary N) is 1. The molecule has 2 aromatic heterocycles. The molecule has 2 aromatic rings. The van der Waals surface area contributed by atoms with Crippen molar-refractivity contribution < 1.29 is 18.7 Å². The molecule has 6 heteroatoms. The fraction of sp³-hybridized carbons (Fsp3) is 0.286. The summed E-state index contributed by atoms with van der Waals surface area (Å²) >= 11 is 0. The Labute approximate surface area is 116 Å². The van der Waals surface area contributed by atoms with E-state index in [2.05, 4.69) is 15.0 Å². The summed E-state index contributed by atoms with van der Waals surface area (Å²) < 4.78 is 14.9. The molecule has 0 radical (unpaired) electrons. The molecule has 0 fully saturated rings. The number of rotatable bonds is 6. The molecule has 0 spiro atoms. The van der Waals surface area contributed by atoms with Crippen molar-refractivity contribution in [3.8, 4) is 5.88 Å². The summed E-state index contributed by atoms with van der Waals surface area (Å²) in [5, 5.41) is 3.20. The first-order chi connectivity index (χ1) is 9.72. The zero-order chi connectivity index (χ0) is 14.4. The van der Waals surface area contributed by atoms with Crippen LogP contribution in [-0.2, 0) is 17.8 Å². The van der Waals surface area contributed by atoms with Crippen LogP contribution >= 0.6 is 0 Å². The van der Waals surface area contributed by atoms with E-state index in [1.165, 1.54) is 13.4 Å². The molecular weight excluding hydrogens is 260 g/mol. The molecule has 6 nitrogen and oxygen atoms in total. The van der Waals surface area contributed by atoms with Gasteiger partial charge in [0.2, 0.25) is 5.88 Å². The standard InChI is InChI=1S/C14H16N2O4/c1-18-13-4-3-10(7-16-13)6-15-8-12-5-11(9-20-12)14(17)19-2/h3-5,7,9,15H,6,8H2,1-2H3. The number of hydrogen-bond donors (Lipinski definition) is 1. The normalized spacial score (nSPS) is 10.3. The van der Waals surface area contributed by atoms with Gasteiger partial charge in [0.15, 0.2) is 0 Å². The monoisotopic (exact) mass is 276 g/mol. The van der Waals surface area contributed by atoms with E-state index in [1.807, 2.05) is 6.07 Å². The third kappa shape index (κ3) is 3.58. The van der Waals surface area contributed by atoms with E-state index in [9.17, 15) is 4.79 Å². The van der Waals surface area contributed by atoms with Crippen LogP contribution in [0.3, 0.4) is 0 Å². The van der Waals surface area contributed by atoms with E-state index in [4.69, 9.17) is 9.15 Å². The van der Waals surface area contributed by atoms with Crippen LogP contribution in [0.2, 0.25) is 0 Å². The third-order valence-electron chi connectivity index (χ3n) is 2.71. The molecule has 0 unspecified atom stereocenters. The Balaban J connectivity index is 1.83. The smallest absolute Gasteiger partial charge is 0.341 e. The molecule has 2 heterocycles.